The van der Waals surface area contributed by atoms with E-state index in [9.17, 15) is 18.7 Å². The summed E-state index contributed by atoms with van der Waals surface area (Å²) < 4.78 is 32.4. The van der Waals surface area contributed by atoms with Crippen LogP contribution in [-0.4, -0.2) is 47.8 Å². The number of ether oxygens (including phenoxy) is 1. The van der Waals surface area contributed by atoms with Gasteiger partial charge in [-0.1, -0.05) is 17.7 Å². The van der Waals surface area contributed by atoms with Gasteiger partial charge in [-0.3, -0.25) is 9.69 Å². The van der Waals surface area contributed by atoms with E-state index in [-0.39, 0.29) is 37.2 Å². The number of carbonyl (C=O) groups is 1. The zero-order valence-electron chi connectivity index (χ0n) is 13.3. The first-order chi connectivity index (χ1) is 10.7. The predicted octanol–water partition coefficient (Wildman–Crippen LogP) is 1.82. The van der Waals surface area contributed by atoms with E-state index in [2.05, 4.69) is 0 Å². The fraction of sp³-hybridized carbons (Fsp3) is 0.533. The second-order valence-corrected chi connectivity index (χ2v) is 6.37. The molecule has 0 spiro atoms. The summed E-state index contributed by atoms with van der Waals surface area (Å²) in [6, 6.07) is 1.96. The smallest absolute Gasteiger partial charge is 0.247 e. The van der Waals surface area contributed by atoms with Crippen molar-refractivity contribution in [3.63, 3.8) is 0 Å². The number of carbonyl (C=O) groups excluding carboxylic acids is 1. The minimum absolute atomic E-state index is 0. The molecule has 0 saturated carbocycles. The lowest BCUT2D eigenvalue weighted by molar-refractivity contribution is -0.148. The highest BCUT2D eigenvalue weighted by Gasteiger charge is 2.41. The number of nitrogens with zero attached hydrogens (tertiary/aromatic N) is 1. The number of aliphatic hydroxyl groups excluding tert-OH is 1. The maximum Gasteiger partial charge on any atom is 0.247 e. The van der Waals surface area contributed by atoms with Gasteiger partial charge in [0.05, 0.1) is 24.3 Å². The second-order valence-electron chi connectivity index (χ2n) is 6.00. The van der Waals surface area contributed by atoms with E-state index in [1.54, 1.807) is 18.7 Å². The van der Waals surface area contributed by atoms with E-state index in [0.29, 0.717) is 5.56 Å². The highest BCUT2D eigenvalue weighted by atomic mass is 35.5. The molecule has 9 heteroatoms. The number of hydrogen-bond acceptors (Lipinski definition) is 4. The number of benzene rings is 1. The van der Waals surface area contributed by atoms with Crippen molar-refractivity contribution in [3.05, 3.63) is 34.4 Å². The summed E-state index contributed by atoms with van der Waals surface area (Å²) in [7, 11) is 0. The molecule has 1 aliphatic rings. The van der Waals surface area contributed by atoms with Gasteiger partial charge in [0.15, 0.2) is 11.6 Å². The number of primary amides is 1. The summed E-state index contributed by atoms with van der Waals surface area (Å²) in [4.78, 5) is 13.2. The molecule has 24 heavy (non-hydrogen) atoms. The Kier molecular flexibility index (Phi) is 6.95. The van der Waals surface area contributed by atoms with Crippen LogP contribution in [0.4, 0.5) is 8.78 Å². The summed E-state index contributed by atoms with van der Waals surface area (Å²) in [5.74, 6) is -2.79. The molecule has 0 bridgehead atoms. The minimum Gasteiger partial charge on any atom is -0.395 e. The molecule has 5 nitrogen and oxygen atoms in total. The van der Waals surface area contributed by atoms with Gasteiger partial charge in [-0.05, 0) is 25.5 Å². The molecule has 1 aromatic carbocycles. The summed E-state index contributed by atoms with van der Waals surface area (Å²) >= 11 is 5.97. The minimum atomic E-state index is -1.13. The zero-order chi connectivity index (χ0) is 17.4. The van der Waals surface area contributed by atoms with Crippen LogP contribution in [0.5, 0.6) is 0 Å². The van der Waals surface area contributed by atoms with E-state index >= 15 is 0 Å². The number of amides is 1. The van der Waals surface area contributed by atoms with Crippen LogP contribution < -0.4 is 5.73 Å². The van der Waals surface area contributed by atoms with Gasteiger partial charge < -0.3 is 15.6 Å². The van der Waals surface area contributed by atoms with Crippen molar-refractivity contribution in [2.75, 3.05) is 19.8 Å². The number of aliphatic hydroxyl groups is 1. The van der Waals surface area contributed by atoms with Gasteiger partial charge in [0, 0.05) is 12.1 Å². The van der Waals surface area contributed by atoms with E-state index in [4.69, 9.17) is 22.1 Å². The van der Waals surface area contributed by atoms with Crippen LogP contribution in [0.15, 0.2) is 12.1 Å². The van der Waals surface area contributed by atoms with Crippen molar-refractivity contribution in [3.8, 4) is 0 Å². The molecule has 1 heterocycles. The maximum atomic E-state index is 13.8. The van der Waals surface area contributed by atoms with E-state index in [1.165, 1.54) is 6.07 Å². The molecular formula is C15H20Cl2F2N2O3. The molecule has 2 atom stereocenters. The largest absolute Gasteiger partial charge is 0.395 e. The van der Waals surface area contributed by atoms with Crippen LogP contribution in [-0.2, 0) is 15.1 Å². The Balaban J connectivity index is 0.00000288. The van der Waals surface area contributed by atoms with E-state index < -0.39 is 35.2 Å². The van der Waals surface area contributed by atoms with Crippen LogP contribution in [0, 0.1) is 11.6 Å². The third kappa shape index (κ3) is 3.81. The van der Waals surface area contributed by atoms with Crippen molar-refractivity contribution in [1.82, 2.24) is 4.90 Å². The fourth-order valence-corrected chi connectivity index (χ4v) is 3.24. The van der Waals surface area contributed by atoms with Crippen molar-refractivity contribution >= 4 is 29.9 Å². The number of halogens is 4. The molecule has 1 aliphatic heterocycles. The summed E-state index contributed by atoms with van der Waals surface area (Å²) in [6.45, 7) is 3.48. The van der Waals surface area contributed by atoms with Crippen LogP contribution in [0.3, 0.4) is 0 Å². The van der Waals surface area contributed by atoms with Gasteiger partial charge >= 0.3 is 0 Å². The summed E-state index contributed by atoms with van der Waals surface area (Å²) in [5.41, 5.74) is 4.75. The Bertz CT molecular complexity index is 617. The van der Waals surface area contributed by atoms with Crippen molar-refractivity contribution in [2.45, 2.75) is 31.5 Å². The molecule has 136 valence electrons. The highest BCUT2D eigenvalue weighted by molar-refractivity contribution is 6.31. The molecule has 1 saturated heterocycles. The SMILES string of the molecule is CC(C)(c1ccc(F)c(F)c1Cl)N1CC(C(N)=O)OCC1CO.Cl. The Morgan fingerprint density at radius 2 is 2.12 bits per heavy atom. The second kappa shape index (κ2) is 7.93. The van der Waals surface area contributed by atoms with E-state index in [0.717, 1.165) is 6.07 Å². The molecule has 2 unspecified atom stereocenters. The first-order valence-corrected chi connectivity index (χ1v) is 7.50. The molecule has 2 rings (SSSR count). The van der Waals surface area contributed by atoms with Crippen LogP contribution in [0.2, 0.25) is 5.02 Å². The van der Waals surface area contributed by atoms with Gasteiger partial charge in [-0.15, -0.1) is 12.4 Å². The summed E-state index contributed by atoms with van der Waals surface area (Å²) in [6.07, 6.45) is -0.846. The van der Waals surface area contributed by atoms with Crippen molar-refractivity contribution < 1.29 is 23.4 Å². The van der Waals surface area contributed by atoms with Gasteiger partial charge in [-0.25, -0.2) is 8.78 Å². The van der Waals surface area contributed by atoms with Crippen molar-refractivity contribution in [1.29, 1.82) is 0 Å². The van der Waals surface area contributed by atoms with Gasteiger partial charge in [0.1, 0.15) is 6.10 Å². The third-order valence-corrected chi connectivity index (χ3v) is 4.60. The molecule has 1 fully saturated rings. The zero-order valence-corrected chi connectivity index (χ0v) is 14.8. The number of nitrogens with two attached hydrogens (primary N) is 1. The molecule has 0 aromatic heterocycles. The molecule has 3 N–H and O–H groups in total. The monoisotopic (exact) mass is 384 g/mol. The Hall–Kier alpha value is -0.990. The lowest BCUT2D eigenvalue weighted by atomic mass is 9.89. The molecular weight excluding hydrogens is 365 g/mol. The first-order valence-electron chi connectivity index (χ1n) is 7.12. The molecule has 0 aliphatic carbocycles. The number of rotatable bonds is 4. The number of hydrogen-bond donors (Lipinski definition) is 2. The first kappa shape index (κ1) is 21.1. The Morgan fingerprint density at radius 1 is 1.50 bits per heavy atom. The lowest BCUT2D eigenvalue weighted by Crippen LogP contribution is -2.60. The average Bonchev–Trinajstić information content (AvgIpc) is 2.51. The maximum absolute atomic E-state index is 13.8. The molecule has 0 radical (unpaired) electrons. The van der Waals surface area contributed by atoms with E-state index in [1.807, 2.05) is 0 Å². The number of morpholine rings is 1. The average molecular weight is 385 g/mol. The van der Waals surface area contributed by atoms with Crippen molar-refractivity contribution in [2.24, 2.45) is 5.73 Å². The van der Waals surface area contributed by atoms with Gasteiger partial charge in [0.25, 0.3) is 0 Å². The van der Waals surface area contributed by atoms with Crippen LogP contribution in [0.25, 0.3) is 0 Å². The Labute approximate surface area is 150 Å². The highest BCUT2D eigenvalue weighted by Crippen LogP contribution is 2.37. The lowest BCUT2D eigenvalue weighted by Gasteiger charge is -2.47. The third-order valence-electron chi connectivity index (χ3n) is 4.23. The Morgan fingerprint density at radius 3 is 2.67 bits per heavy atom. The molecule has 1 aromatic rings. The quantitative estimate of drug-likeness (QED) is 0.776. The predicted molar refractivity (Wildman–Crippen MR) is 88.2 cm³/mol. The van der Waals surface area contributed by atoms with Crippen LogP contribution >= 0.6 is 24.0 Å². The van der Waals surface area contributed by atoms with Crippen LogP contribution in [0.1, 0.15) is 19.4 Å². The molecule has 1 amide bonds. The van der Waals surface area contributed by atoms with Gasteiger partial charge in [0.2, 0.25) is 5.91 Å². The fourth-order valence-electron chi connectivity index (χ4n) is 2.86. The summed E-state index contributed by atoms with van der Waals surface area (Å²) in [5, 5.41) is 9.23. The normalized spacial score (nSPS) is 22.1. The topological polar surface area (TPSA) is 75.8 Å². The standard InChI is InChI=1S/C15H19ClF2N2O3.ClH/c1-15(2,9-3-4-10(17)13(18)12(9)16)20-5-11(14(19)22)23-7-8(20)6-21;/h3-4,8,11,21H,5-7H2,1-2H3,(H2,19,22);1H. The van der Waals surface area contributed by atoms with Gasteiger partial charge in [-0.2, -0.15) is 0 Å².